The van der Waals surface area contributed by atoms with Crippen molar-refractivity contribution >= 4 is 17.9 Å². The van der Waals surface area contributed by atoms with Crippen molar-refractivity contribution in [2.75, 3.05) is 6.61 Å². The van der Waals surface area contributed by atoms with E-state index in [9.17, 15) is 18.8 Å². The molecule has 0 aliphatic heterocycles. The van der Waals surface area contributed by atoms with Crippen LogP contribution in [0.4, 0.5) is 9.18 Å². The smallest absolute Gasteiger partial charge is 0.374 e. The molecule has 2 aromatic rings. The minimum absolute atomic E-state index is 0.0202. The first-order chi connectivity index (χ1) is 13.1. The number of rotatable bonds is 6. The Labute approximate surface area is 161 Å². The number of imide groups is 1. The van der Waals surface area contributed by atoms with E-state index in [2.05, 4.69) is 5.32 Å². The monoisotopic (exact) mass is 392 g/mol. The summed E-state index contributed by atoms with van der Waals surface area (Å²) in [6.45, 7) is 4.65. The largest absolute Gasteiger partial charge is 0.486 e. The van der Waals surface area contributed by atoms with Gasteiger partial charge < -0.3 is 19.2 Å². The molecule has 0 aliphatic carbocycles. The van der Waals surface area contributed by atoms with Gasteiger partial charge in [0.2, 0.25) is 5.76 Å². The van der Waals surface area contributed by atoms with E-state index < -0.39 is 30.1 Å². The van der Waals surface area contributed by atoms with Gasteiger partial charge in [0.1, 0.15) is 23.9 Å². The predicted octanol–water partition coefficient (Wildman–Crippen LogP) is 2.78. The fourth-order valence-electron chi connectivity index (χ4n) is 1.99. The lowest BCUT2D eigenvalue weighted by atomic mass is 10.1. The summed E-state index contributed by atoms with van der Waals surface area (Å²) in [6.07, 6.45) is 0. The van der Waals surface area contributed by atoms with Crippen LogP contribution in [0.25, 0.3) is 0 Å². The van der Waals surface area contributed by atoms with Crippen LogP contribution in [-0.2, 0) is 16.1 Å². The third kappa shape index (κ3) is 7.10. The number of hydrogen-bond donors (Lipinski definition) is 2. The van der Waals surface area contributed by atoms with Gasteiger partial charge in [-0.05, 0) is 57.2 Å². The zero-order valence-electron chi connectivity index (χ0n) is 15.7. The highest BCUT2D eigenvalue weighted by atomic mass is 19.1. The number of ether oxygens (including phenoxy) is 2. The van der Waals surface area contributed by atoms with Gasteiger partial charge in [0.25, 0.3) is 5.91 Å². The zero-order chi connectivity index (χ0) is 20.7. The number of carbonyl (C=O) groups is 3. The van der Waals surface area contributed by atoms with Gasteiger partial charge in [-0.2, -0.15) is 0 Å². The van der Waals surface area contributed by atoms with E-state index in [1.807, 2.05) is 5.32 Å². The van der Waals surface area contributed by atoms with Gasteiger partial charge in [-0.1, -0.05) is 0 Å². The molecule has 0 spiro atoms. The standard InChI is InChI=1S/C19H21FN2O6/c1-19(2,3)22-18(25)21-16(23)11-27-17(24)15-9-8-14(28-15)10-26-13-6-4-12(20)5-7-13/h4-9H,10-11H2,1-3H3,(H2,21,22,23,25). The van der Waals surface area contributed by atoms with E-state index in [1.165, 1.54) is 36.4 Å². The molecular weight excluding hydrogens is 371 g/mol. The first kappa shape index (κ1) is 20.9. The van der Waals surface area contributed by atoms with E-state index in [4.69, 9.17) is 13.9 Å². The summed E-state index contributed by atoms with van der Waals surface area (Å²) in [6, 6.07) is 7.63. The normalized spacial score (nSPS) is 10.9. The van der Waals surface area contributed by atoms with Gasteiger partial charge in [0, 0.05) is 5.54 Å². The average Bonchev–Trinajstić information content (AvgIpc) is 3.06. The first-order valence-electron chi connectivity index (χ1n) is 8.38. The number of esters is 1. The highest BCUT2D eigenvalue weighted by Crippen LogP contribution is 2.15. The van der Waals surface area contributed by atoms with Crippen molar-refractivity contribution in [1.29, 1.82) is 0 Å². The molecule has 1 heterocycles. The molecule has 9 heteroatoms. The maximum Gasteiger partial charge on any atom is 0.374 e. The van der Waals surface area contributed by atoms with E-state index in [1.54, 1.807) is 20.8 Å². The summed E-state index contributed by atoms with van der Waals surface area (Å²) in [7, 11) is 0. The Bertz CT molecular complexity index is 839. The molecule has 2 N–H and O–H groups in total. The summed E-state index contributed by atoms with van der Waals surface area (Å²) in [5.74, 6) is -1.36. The van der Waals surface area contributed by atoms with Crippen LogP contribution < -0.4 is 15.4 Å². The Morgan fingerprint density at radius 2 is 1.75 bits per heavy atom. The molecule has 3 amide bonds. The minimum Gasteiger partial charge on any atom is -0.486 e. The van der Waals surface area contributed by atoms with Crippen molar-refractivity contribution in [3.8, 4) is 5.75 Å². The number of hydrogen-bond acceptors (Lipinski definition) is 6. The Balaban J connectivity index is 1.77. The fourth-order valence-corrected chi connectivity index (χ4v) is 1.99. The molecule has 0 radical (unpaired) electrons. The third-order valence-corrected chi connectivity index (χ3v) is 3.13. The molecule has 0 atom stereocenters. The molecule has 28 heavy (non-hydrogen) atoms. The fraction of sp³-hybridized carbons (Fsp3) is 0.316. The number of amides is 3. The summed E-state index contributed by atoms with van der Waals surface area (Å²) < 4.78 is 28.3. The summed E-state index contributed by atoms with van der Waals surface area (Å²) in [5.41, 5.74) is -0.512. The Hall–Kier alpha value is -3.36. The number of carbonyl (C=O) groups excluding carboxylic acids is 3. The zero-order valence-corrected chi connectivity index (χ0v) is 15.7. The minimum atomic E-state index is -0.862. The molecule has 8 nitrogen and oxygen atoms in total. The Morgan fingerprint density at radius 1 is 1.07 bits per heavy atom. The van der Waals surface area contributed by atoms with Crippen molar-refractivity contribution < 1.29 is 32.7 Å². The molecular formula is C19H21FN2O6. The van der Waals surface area contributed by atoms with Crippen LogP contribution in [-0.4, -0.2) is 30.1 Å². The van der Waals surface area contributed by atoms with Crippen molar-refractivity contribution in [2.45, 2.75) is 32.9 Å². The van der Waals surface area contributed by atoms with Crippen LogP contribution in [0.3, 0.4) is 0 Å². The van der Waals surface area contributed by atoms with Crippen LogP contribution in [0.15, 0.2) is 40.8 Å². The Morgan fingerprint density at radius 3 is 2.39 bits per heavy atom. The number of halogens is 1. The molecule has 0 fully saturated rings. The van der Waals surface area contributed by atoms with Gasteiger partial charge in [0.15, 0.2) is 6.61 Å². The second-order valence-electron chi connectivity index (χ2n) is 6.84. The summed E-state index contributed by atoms with van der Waals surface area (Å²) in [4.78, 5) is 35.1. The highest BCUT2D eigenvalue weighted by Gasteiger charge is 2.18. The van der Waals surface area contributed by atoms with E-state index in [0.717, 1.165) is 0 Å². The number of nitrogens with one attached hydrogen (secondary N) is 2. The molecule has 0 saturated heterocycles. The van der Waals surface area contributed by atoms with E-state index in [0.29, 0.717) is 11.5 Å². The maximum atomic E-state index is 12.8. The Kier molecular flexibility index (Phi) is 6.75. The lowest BCUT2D eigenvalue weighted by molar-refractivity contribution is -0.123. The van der Waals surface area contributed by atoms with Crippen molar-refractivity contribution in [3.63, 3.8) is 0 Å². The maximum absolute atomic E-state index is 12.8. The molecule has 0 bridgehead atoms. The lowest BCUT2D eigenvalue weighted by Gasteiger charge is -2.20. The van der Waals surface area contributed by atoms with Crippen LogP contribution >= 0.6 is 0 Å². The topological polar surface area (TPSA) is 107 Å². The second-order valence-corrected chi connectivity index (χ2v) is 6.84. The highest BCUT2D eigenvalue weighted by molar-refractivity contribution is 5.96. The predicted molar refractivity (Wildman–Crippen MR) is 96.1 cm³/mol. The van der Waals surface area contributed by atoms with Crippen LogP contribution in [0.1, 0.15) is 37.1 Å². The number of urea groups is 1. The van der Waals surface area contributed by atoms with Crippen LogP contribution in [0, 0.1) is 5.82 Å². The van der Waals surface area contributed by atoms with Gasteiger partial charge in [-0.25, -0.2) is 14.0 Å². The van der Waals surface area contributed by atoms with Gasteiger partial charge in [-0.3, -0.25) is 10.1 Å². The molecule has 0 saturated carbocycles. The second kappa shape index (κ2) is 9.03. The molecule has 0 unspecified atom stereocenters. The van der Waals surface area contributed by atoms with Gasteiger partial charge in [0.05, 0.1) is 0 Å². The van der Waals surface area contributed by atoms with Gasteiger partial charge in [-0.15, -0.1) is 0 Å². The number of benzene rings is 1. The van der Waals surface area contributed by atoms with Crippen LogP contribution in [0.5, 0.6) is 5.75 Å². The average molecular weight is 392 g/mol. The SMILES string of the molecule is CC(C)(C)NC(=O)NC(=O)COC(=O)c1ccc(COc2ccc(F)cc2)o1. The molecule has 0 aliphatic rings. The third-order valence-electron chi connectivity index (χ3n) is 3.13. The van der Waals surface area contributed by atoms with Crippen molar-refractivity contribution in [3.05, 3.63) is 53.7 Å². The molecule has 2 rings (SSSR count). The summed E-state index contributed by atoms with van der Waals surface area (Å²) >= 11 is 0. The first-order valence-corrected chi connectivity index (χ1v) is 8.38. The summed E-state index contributed by atoms with van der Waals surface area (Å²) in [5, 5.41) is 4.59. The molecule has 1 aromatic carbocycles. The van der Waals surface area contributed by atoms with Crippen molar-refractivity contribution in [1.82, 2.24) is 10.6 Å². The van der Waals surface area contributed by atoms with E-state index >= 15 is 0 Å². The van der Waals surface area contributed by atoms with E-state index in [-0.39, 0.29) is 18.2 Å². The van der Waals surface area contributed by atoms with Gasteiger partial charge >= 0.3 is 12.0 Å². The lowest BCUT2D eigenvalue weighted by Crippen LogP contribution is -2.49. The van der Waals surface area contributed by atoms with Crippen molar-refractivity contribution in [2.24, 2.45) is 0 Å². The quantitative estimate of drug-likeness (QED) is 0.732. The van der Waals surface area contributed by atoms with Crippen LogP contribution in [0.2, 0.25) is 0 Å². The number of furan rings is 1. The molecule has 1 aromatic heterocycles. The molecule has 150 valence electrons.